The highest BCUT2D eigenvalue weighted by molar-refractivity contribution is 5.99. The number of carbonyl (C=O) groups is 2. The Morgan fingerprint density at radius 3 is 2.66 bits per heavy atom. The van der Waals surface area contributed by atoms with Crippen LogP contribution in [0, 0.1) is 20.8 Å². The van der Waals surface area contributed by atoms with Gasteiger partial charge >= 0.3 is 0 Å². The quantitative estimate of drug-likeness (QED) is 0.690. The van der Waals surface area contributed by atoms with Gasteiger partial charge in [0.25, 0.3) is 0 Å². The standard InChI is InChI=1S/C24H24N2O3/c1-14-4-7-19(15(2)10-14)24(21-9-5-16(3)29-21)26-22(27)12-17-6-8-20-18(11-17)13-23(28)25-20/h4-11,24H,12-13H2,1-3H3,(H,25,28)(H,26,27). The molecule has 5 nitrogen and oxygen atoms in total. The molecule has 2 heterocycles. The van der Waals surface area contributed by atoms with Crippen molar-refractivity contribution < 1.29 is 14.0 Å². The maximum absolute atomic E-state index is 12.9. The molecule has 2 N–H and O–H groups in total. The van der Waals surface area contributed by atoms with Crippen LogP contribution < -0.4 is 10.6 Å². The van der Waals surface area contributed by atoms with Crippen LogP contribution in [0.4, 0.5) is 5.69 Å². The van der Waals surface area contributed by atoms with Gasteiger partial charge in [-0.05, 0) is 61.2 Å². The minimum Gasteiger partial charge on any atom is -0.464 e. The van der Waals surface area contributed by atoms with E-state index < -0.39 is 0 Å². The molecule has 0 saturated heterocycles. The Kier molecular flexibility index (Phi) is 4.97. The smallest absolute Gasteiger partial charge is 0.228 e. The molecule has 1 atom stereocenters. The van der Waals surface area contributed by atoms with Crippen LogP contribution in [-0.2, 0) is 22.4 Å². The lowest BCUT2D eigenvalue weighted by atomic mass is 9.97. The third-order valence-corrected chi connectivity index (χ3v) is 5.25. The molecule has 0 saturated carbocycles. The van der Waals surface area contributed by atoms with Crippen molar-refractivity contribution in [2.45, 2.75) is 39.7 Å². The second kappa shape index (κ2) is 7.59. The molecule has 0 spiro atoms. The predicted molar refractivity (Wildman–Crippen MR) is 112 cm³/mol. The number of hydrogen-bond acceptors (Lipinski definition) is 3. The predicted octanol–water partition coefficient (Wildman–Crippen LogP) is 4.15. The van der Waals surface area contributed by atoms with Crippen LogP contribution in [0.1, 0.15) is 45.4 Å². The zero-order valence-corrected chi connectivity index (χ0v) is 16.8. The lowest BCUT2D eigenvalue weighted by molar-refractivity contribution is -0.121. The Morgan fingerprint density at radius 2 is 1.93 bits per heavy atom. The van der Waals surface area contributed by atoms with E-state index in [-0.39, 0.29) is 24.3 Å². The molecular weight excluding hydrogens is 364 g/mol. The monoisotopic (exact) mass is 388 g/mol. The van der Waals surface area contributed by atoms with E-state index in [1.54, 1.807) is 0 Å². The Labute approximate surface area is 170 Å². The molecule has 2 amide bonds. The van der Waals surface area contributed by atoms with Gasteiger partial charge < -0.3 is 15.1 Å². The fourth-order valence-electron chi connectivity index (χ4n) is 3.85. The summed E-state index contributed by atoms with van der Waals surface area (Å²) in [5.41, 5.74) is 5.95. The molecule has 4 rings (SSSR count). The summed E-state index contributed by atoms with van der Waals surface area (Å²) >= 11 is 0. The van der Waals surface area contributed by atoms with E-state index in [2.05, 4.69) is 23.6 Å². The molecule has 0 radical (unpaired) electrons. The number of amides is 2. The van der Waals surface area contributed by atoms with Crippen molar-refractivity contribution in [3.05, 3.63) is 87.9 Å². The first-order valence-electron chi connectivity index (χ1n) is 9.73. The molecule has 29 heavy (non-hydrogen) atoms. The van der Waals surface area contributed by atoms with E-state index in [9.17, 15) is 9.59 Å². The largest absolute Gasteiger partial charge is 0.464 e. The van der Waals surface area contributed by atoms with Crippen LogP contribution in [0.3, 0.4) is 0 Å². The lowest BCUT2D eigenvalue weighted by Gasteiger charge is -2.20. The minimum absolute atomic E-state index is 0.00954. The van der Waals surface area contributed by atoms with Crippen LogP contribution in [0.25, 0.3) is 0 Å². The third-order valence-electron chi connectivity index (χ3n) is 5.25. The Morgan fingerprint density at radius 1 is 1.10 bits per heavy atom. The van der Waals surface area contributed by atoms with Gasteiger partial charge in [-0.2, -0.15) is 0 Å². The number of anilines is 1. The van der Waals surface area contributed by atoms with Gasteiger partial charge in [0.05, 0.1) is 12.8 Å². The number of fused-ring (bicyclic) bond motifs is 1. The molecule has 0 aliphatic carbocycles. The zero-order chi connectivity index (χ0) is 20.5. The average Bonchev–Trinajstić information content (AvgIpc) is 3.24. The number of aryl methyl sites for hydroxylation is 3. The van der Waals surface area contributed by atoms with Crippen molar-refractivity contribution in [3.63, 3.8) is 0 Å². The van der Waals surface area contributed by atoms with Gasteiger partial charge in [0.1, 0.15) is 17.6 Å². The summed E-state index contributed by atoms with van der Waals surface area (Å²) in [4.78, 5) is 24.4. The molecule has 2 aromatic carbocycles. The van der Waals surface area contributed by atoms with Crippen molar-refractivity contribution in [1.82, 2.24) is 5.32 Å². The number of furan rings is 1. The third kappa shape index (κ3) is 4.09. The summed E-state index contributed by atoms with van der Waals surface area (Å²) < 4.78 is 5.85. The highest BCUT2D eigenvalue weighted by Crippen LogP contribution is 2.28. The average molecular weight is 388 g/mol. The summed E-state index contributed by atoms with van der Waals surface area (Å²) in [5, 5.41) is 5.95. The minimum atomic E-state index is -0.352. The fourth-order valence-corrected chi connectivity index (χ4v) is 3.85. The van der Waals surface area contributed by atoms with Gasteiger partial charge in [-0.1, -0.05) is 35.9 Å². The SMILES string of the molecule is Cc1ccc(C(NC(=O)Cc2ccc3c(c2)CC(=O)N3)c2ccc(C)o2)c(C)c1. The summed E-state index contributed by atoms with van der Waals surface area (Å²) in [7, 11) is 0. The molecule has 3 aromatic rings. The second-order valence-electron chi connectivity index (χ2n) is 7.70. The highest BCUT2D eigenvalue weighted by atomic mass is 16.3. The van der Waals surface area contributed by atoms with Gasteiger partial charge in [0.2, 0.25) is 11.8 Å². The van der Waals surface area contributed by atoms with E-state index in [0.29, 0.717) is 12.2 Å². The number of rotatable bonds is 5. The highest BCUT2D eigenvalue weighted by Gasteiger charge is 2.23. The molecular formula is C24H24N2O3. The molecule has 1 aromatic heterocycles. The van der Waals surface area contributed by atoms with Crippen LogP contribution in [0.15, 0.2) is 52.9 Å². The number of benzene rings is 2. The van der Waals surface area contributed by atoms with Crippen molar-refractivity contribution >= 4 is 17.5 Å². The molecule has 1 aliphatic rings. The van der Waals surface area contributed by atoms with E-state index in [1.165, 1.54) is 5.56 Å². The topological polar surface area (TPSA) is 71.3 Å². The van der Waals surface area contributed by atoms with Crippen LogP contribution in [0.2, 0.25) is 0 Å². The maximum atomic E-state index is 12.9. The summed E-state index contributed by atoms with van der Waals surface area (Å²) in [6, 6.07) is 15.3. The van der Waals surface area contributed by atoms with E-state index >= 15 is 0 Å². The molecule has 0 bridgehead atoms. The van der Waals surface area contributed by atoms with Gasteiger partial charge in [-0.3, -0.25) is 9.59 Å². The summed E-state index contributed by atoms with van der Waals surface area (Å²) in [5.74, 6) is 1.41. The summed E-state index contributed by atoms with van der Waals surface area (Å²) in [6.07, 6.45) is 0.601. The number of nitrogens with one attached hydrogen (secondary N) is 2. The lowest BCUT2D eigenvalue weighted by Crippen LogP contribution is -2.30. The van der Waals surface area contributed by atoms with Crippen molar-refractivity contribution in [1.29, 1.82) is 0 Å². The van der Waals surface area contributed by atoms with Gasteiger partial charge in [-0.15, -0.1) is 0 Å². The van der Waals surface area contributed by atoms with Crippen LogP contribution >= 0.6 is 0 Å². The number of carbonyl (C=O) groups excluding carboxylic acids is 2. The molecule has 148 valence electrons. The Hall–Kier alpha value is -3.34. The first kappa shape index (κ1) is 19.0. The van der Waals surface area contributed by atoms with Crippen LogP contribution in [-0.4, -0.2) is 11.8 Å². The van der Waals surface area contributed by atoms with Gasteiger partial charge in [0, 0.05) is 5.69 Å². The summed E-state index contributed by atoms with van der Waals surface area (Å²) in [6.45, 7) is 5.99. The Bertz CT molecular complexity index is 1100. The normalized spacial score (nSPS) is 13.7. The van der Waals surface area contributed by atoms with Gasteiger partial charge in [-0.25, -0.2) is 0 Å². The zero-order valence-electron chi connectivity index (χ0n) is 16.8. The second-order valence-corrected chi connectivity index (χ2v) is 7.70. The Balaban J connectivity index is 1.57. The van der Waals surface area contributed by atoms with E-state index in [4.69, 9.17) is 4.42 Å². The molecule has 1 aliphatic heterocycles. The first-order valence-corrected chi connectivity index (χ1v) is 9.73. The van der Waals surface area contributed by atoms with Gasteiger partial charge in [0.15, 0.2) is 0 Å². The van der Waals surface area contributed by atoms with E-state index in [0.717, 1.165) is 33.7 Å². The van der Waals surface area contributed by atoms with E-state index in [1.807, 2.05) is 56.3 Å². The first-order chi connectivity index (χ1) is 13.9. The maximum Gasteiger partial charge on any atom is 0.228 e. The molecule has 0 fully saturated rings. The number of hydrogen-bond donors (Lipinski definition) is 2. The molecule has 1 unspecified atom stereocenters. The van der Waals surface area contributed by atoms with Crippen molar-refractivity contribution in [3.8, 4) is 0 Å². The fraction of sp³-hybridized carbons (Fsp3) is 0.250. The van der Waals surface area contributed by atoms with Crippen molar-refractivity contribution in [2.24, 2.45) is 0 Å². The van der Waals surface area contributed by atoms with Crippen molar-refractivity contribution in [2.75, 3.05) is 5.32 Å². The van der Waals surface area contributed by atoms with Crippen LogP contribution in [0.5, 0.6) is 0 Å². The molecule has 5 heteroatoms.